The van der Waals surface area contributed by atoms with E-state index in [1.54, 1.807) is 4.90 Å². The monoisotopic (exact) mass is 199 g/mol. The molecule has 0 aliphatic carbocycles. The molecule has 0 saturated carbocycles. The Balaban J connectivity index is 3.94. The van der Waals surface area contributed by atoms with Crippen LogP contribution in [0.5, 0.6) is 0 Å². The average Bonchev–Trinajstić information content (AvgIpc) is 2.18. The Bertz CT molecular complexity index is 172. The van der Waals surface area contributed by atoms with Gasteiger partial charge in [0.15, 0.2) is 0 Å². The summed E-state index contributed by atoms with van der Waals surface area (Å²) in [6, 6.07) is 0. The third-order valence-corrected chi connectivity index (χ3v) is 1.91. The predicted molar refractivity (Wildman–Crippen MR) is 58.0 cm³/mol. The predicted octanol–water partition coefficient (Wildman–Crippen LogP) is 1.57. The van der Waals surface area contributed by atoms with Crippen molar-refractivity contribution in [2.75, 3.05) is 19.7 Å². The molecule has 0 atom stereocenters. The number of aliphatic hydroxyl groups excluding tert-OH is 1. The molecule has 0 heterocycles. The van der Waals surface area contributed by atoms with Gasteiger partial charge in [0, 0.05) is 19.5 Å². The molecule has 0 aromatic heterocycles. The van der Waals surface area contributed by atoms with E-state index in [0.717, 1.165) is 19.4 Å². The minimum atomic E-state index is 0.0449. The summed E-state index contributed by atoms with van der Waals surface area (Å²) in [4.78, 5) is 13.3. The quantitative estimate of drug-likeness (QED) is 0.632. The Morgan fingerprint density at radius 1 is 1.29 bits per heavy atom. The van der Waals surface area contributed by atoms with Crippen LogP contribution in [-0.4, -0.2) is 35.6 Å². The highest BCUT2D eigenvalue weighted by Gasteiger charge is 2.09. The summed E-state index contributed by atoms with van der Waals surface area (Å²) in [5.74, 6) is 0.102. The normalized spacial score (nSPS) is 10.8. The van der Waals surface area contributed by atoms with Crippen molar-refractivity contribution < 1.29 is 9.90 Å². The van der Waals surface area contributed by atoms with Crippen molar-refractivity contribution in [1.29, 1.82) is 0 Å². The van der Waals surface area contributed by atoms with Crippen LogP contribution in [0.4, 0.5) is 0 Å². The number of hydrogen-bond donors (Lipinski definition) is 1. The highest BCUT2D eigenvalue weighted by molar-refractivity contribution is 5.77. The first-order valence-corrected chi connectivity index (χ1v) is 5.29. The van der Waals surface area contributed by atoms with Crippen molar-refractivity contribution in [3.05, 3.63) is 12.2 Å². The molecular weight excluding hydrogens is 178 g/mol. The molecule has 0 spiro atoms. The van der Waals surface area contributed by atoms with Crippen LogP contribution in [0.1, 0.15) is 33.1 Å². The van der Waals surface area contributed by atoms with E-state index in [4.69, 9.17) is 5.11 Å². The maximum Gasteiger partial charge on any atom is 0.226 e. The average molecular weight is 199 g/mol. The first kappa shape index (κ1) is 13.2. The molecule has 82 valence electrons. The van der Waals surface area contributed by atoms with Gasteiger partial charge in [0.1, 0.15) is 0 Å². The first-order chi connectivity index (χ1) is 6.76. The number of nitrogens with zero attached hydrogens (tertiary/aromatic N) is 1. The number of carbonyl (C=O) groups is 1. The molecule has 0 fully saturated rings. The van der Waals surface area contributed by atoms with Crippen LogP contribution >= 0.6 is 0 Å². The second-order valence-corrected chi connectivity index (χ2v) is 3.19. The zero-order chi connectivity index (χ0) is 10.8. The van der Waals surface area contributed by atoms with Gasteiger partial charge in [-0.1, -0.05) is 26.0 Å². The van der Waals surface area contributed by atoms with E-state index in [9.17, 15) is 4.79 Å². The zero-order valence-electron chi connectivity index (χ0n) is 9.20. The Morgan fingerprint density at radius 3 is 2.50 bits per heavy atom. The minimum absolute atomic E-state index is 0.0449. The Morgan fingerprint density at radius 2 is 2.00 bits per heavy atom. The molecule has 3 nitrogen and oxygen atoms in total. The molecule has 0 bridgehead atoms. The van der Waals surface area contributed by atoms with Gasteiger partial charge in [-0.3, -0.25) is 4.79 Å². The largest absolute Gasteiger partial charge is 0.395 e. The highest BCUT2D eigenvalue weighted by Crippen LogP contribution is 1.97. The third-order valence-electron chi connectivity index (χ3n) is 1.91. The second-order valence-electron chi connectivity index (χ2n) is 3.19. The molecule has 0 aliphatic heterocycles. The smallest absolute Gasteiger partial charge is 0.226 e. The van der Waals surface area contributed by atoms with Gasteiger partial charge in [0.2, 0.25) is 5.91 Å². The molecule has 0 radical (unpaired) electrons. The molecular formula is C11H21NO2. The van der Waals surface area contributed by atoms with E-state index < -0.39 is 0 Å². The van der Waals surface area contributed by atoms with Gasteiger partial charge >= 0.3 is 0 Å². The van der Waals surface area contributed by atoms with Gasteiger partial charge in [0.25, 0.3) is 0 Å². The lowest BCUT2D eigenvalue weighted by Gasteiger charge is -2.20. The van der Waals surface area contributed by atoms with Crippen molar-refractivity contribution in [3.8, 4) is 0 Å². The summed E-state index contributed by atoms with van der Waals surface area (Å²) in [7, 11) is 0. The van der Waals surface area contributed by atoms with Crippen molar-refractivity contribution in [3.63, 3.8) is 0 Å². The van der Waals surface area contributed by atoms with Crippen molar-refractivity contribution in [1.82, 2.24) is 4.90 Å². The number of allylic oxidation sites excluding steroid dienone is 1. The van der Waals surface area contributed by atoms with Crippen LogP contribution in [0.3, 0.4) is 0 Å². The van der Waals surface area contributed by atoms with Gasteiger partial charge in [-0.15, -0.1) is 0 Å². The molecule has 1 amide bonds. The molecule has 0 saturated heterocycles. The van der Waals surface area contributed by atoms with Crippen LogP contribution < -0.4 is 0 Å². The van der Waals surface area contributed by atoms with Gasteiger partial charge < -0.3 is 10.0 Å². The Labute approximate surface area is 86.4 Å². The maximum absolute atomic E-state index is 11.6. The third kappa shape index (κ3) is 5.75. The van der Waals surface area contributed by atoms with Crippen LogP contribution in [-0.2, 0) is 4.79 Å². The van der Waals surface area contributed by atoms with E-state index in [1.165, 1.54) is 0 Å². The van der Waals surface area contributed by atoms with Crippen LogP contribution in [0.25, 0.3) is 0 Å². The summed E-state index contributed by atoms with van der Waals surface area (Å²) < 4.78 is 0. The summed E-state index contributed by atoms with van der Waals surface area (Å²) in [5, 5.41) is 8.77. The standard InChI is InChI=1S/C11H21NO2/c1-3-5-6-7-11(14)12(8-4-2)9-10-13/h5-6,13H,3-4,7-10H2,1-2H3/b6-5-. The molecule has 0 rings (SSSR count). The first-order valence-electron chi connectivity index (χ1n) is 5.29. The van der Waals surface area contributed by atoms with Gasteiger partial charge in [-0.2, -0.15) is 0 Å². The summed E-state index contributed by atoms with van der Waals surface area (Å²) in [6.07, 6.45) is 6.22. The van der Waals surface area contributed by atoms with Crippen molar-refractivity contribution >= 4 is 5.91 Å². The van der Waals surface area contributed by atoms with E-state index in [-0.39, 0.29) is 12.5 Å². The number of aliphatic hydroxyl groups is 1. The lowest BCUT2D eigenvalue weighted by atomic mass is 10.3. The summed E-state index contributed by atoms with van der Waals surface area (Å²) >= 11 is 0. The number of amides is 1. The molecule has 3 heteroatoms. The van der Waals surface area contributed by atoms with E-state index >= 15 is 0 Å². The number of hydrogen-bond acceptors (Lipinski definition) is 2. The summed E-state index contributed by atoms with van der Waals surface area (Å²) in [5.41, 5.74) is 0. The van der Waals surface area contributed by atoms with Crippen LogP contribution in [0.2, 0.25) is 0 Å². The fourth-order valence-electron chi connectivity index (χ4n) is 1.23. The lowest BCUT2D eigenvalue weighted by molar-refractivity contribution is -0.130. The fourth-order valence-corrected chi connectivity index (χ4v) is 1.23. The second kappa shape index (κ2) is 8.75. The van der Waals surface area contributed by atoms with E-state index in [0.29, 0.717) is 13.0 Å². The van der Waals surface area contributed by atoms with Gasteiger partial charge in [-0.25, -0.2) is 0 Å². The van der Waals surface area contributed by atoms with Crippen molar-refractivity contribution in [2.24, 2.45) is 0 Å². The molecule has 0 aliphatic rings. The van der Waals surface area contributed by atoms with Crippen molar-refractivity contribution in [2.45, 2.75) is 33.1 Å². The minimum Gasteiger partial charge on any atom is -0.395 e. The SMILES string of the molecule is CC/C=C\CC(=O)N(CCC)CCO. The molecule has 0 unspecified atom stereocenters. The van der Waals surface area contributed by atoms with Crippen LogP contribution in [0.15, 0.2) is 12.2 Å². The highest BCUT2D eigenvalue weighted by atomic mass is 16.3. The lowest BCUT2D eigenvalue weighted by Crippen LogP contribution is -2.33. The topological polar surface area (TPSA) is 40.5 Å². The van der Waals surface area contributed by atoms with Gasteiger partial charge in [-0.05, 0) is 12.8 Å². The molecule has 0 aromatic carbocycles. The maximum atomic E-state index is 11.6. The number of carbonyl (C=O) groups excluding carboxylic acids is 1. The molecule has 14 heavy (non-hydrogen) atoms. The molecule has 1 N–H and O–H groups in total. The van der Waals surface area contributed by atoms with E-state index in [1.807, 2.05) is 26.0 Å². The summed E-state index contributed by atoms with van der Waals surface area (Å²) in [6.45, 7) is 5.30. The van der Waals surface area contributed by atoms with Gasteiger partial charge in [0.05, 0.1) is 6.61 Å². The van der Waals surface area contributed by atoms with Crippen LogP contribution in [0, 0.1) is 0 Å². The van der Waals surface area contributed by atoms with E-state index in [2.05, 4.69) is 0 Å². The number of rotatable bonds is 7. The fraction of sp³-hybridized carbons (Fsp3) is 0.727. The Kier molecular flexibility index (Phi) is 8.24. The molecule has 0 aromatic rings. The zero-order valence-corrected chi connectivity index (χ0v) is 9.20. The Hall–Kier alpha value is -0.830.